The van der Waals surface area contributed by atoms with Crippen molar-refractivity contribution in [3.05, 3.63) is 64.3 Å². The molecule has 3 rings (SSSR count). The minimum atomic E-state index is 0.672. The second-order valence-corrected chi connectivity index (χ2v) is 5.46. The van der Waals surface area contributed by atoms with Crippen LogP contribution >= 0.6 is 15.9 Å². The van der Waals surface area contributed by atoms with Gasteiger partial charge >= 0.3 is 0 Å². The molecule has 0 atom stereocenters. The van der Waals surface area contributed by atoms with E-state index >= 15 is 0 Å². The zero-order valence-corrected chi connectivity index (χ0v) is 12.3. The molecular formula is C16H12BrN3. The number of nitrogens with zero attached hydrogens (tertiary/aromatic N) is 2. The van der Waals surface area contributed by atoms with Crippen molar-refractivity contribution in [1.29, 1.82) is 5.26 Å². The fourth-order valence-electron chi connectivity index (χ4n) is 2.37. The van der Waals surface area contributed by atoms with Gasteiger partial charge in [-0.05, 0) is 30.3 Å². The molecule has 3 nitrogen and oxygen atoms in total. The number of aromatic nitrogens is 1. The van der Waals surface area contributed by atoms with Gasteiger partial charge in [0.25, 0.3) is 0 Å². The van der Waals surface area contributed by atoms with Gasteiger partial charge in [0, 0.05) is 32.8 Å². The Morgan fingerprint density at radius 1 is 1.15 bits per heavy atom. The average molecular weight is 326 g/mol. The van der Waals surface area contributed by atoms with E-state index in [-0.39, 0.29) is 0 Å². The maximum absolute atomic E-state index is 9.14. The molecule has 20 heavy (non-hydrogen) atoms. The molecule has 0 saturated heterocycles. The fraction of sp³-hybridized carbons (Fsp3) is 0.0625. The topological polar surface area (TPSA) is 54.7 Å². The van der Waals surface area contributed by atoms with Crippen molar-refractivity contribution in [2.75, 3.05) is 5.73 Å². The van der Waals surface area contributed by atoms with Crippen molar-refractivity contribution in [1.82, 2.24) is 4.57 Å². The third-order valence-corrected chi connectivity index (χ3v) is 4.16. The van der Waals surface area contributed by atoms with E-state index in [1.54, 1.807) is 0 Å². The van der Waals surface area contributed by atoms with Crippen molar-refractivity contribution in [2.24, 2.45) is 0 Å². The summed E-state index contributed by atoms with van der Waals surface area (Å²) < 4.78 is 3.10. The smallest absolute Gasteiger partial charge is 0.0998 e. The summed E-state index contributed by atoms with van der Waals surface area (Å²) in [6, 6.07) is 15.7. The molecule has 0 spiro atoms. The van der Waals surface area contributed by atoms with Gasteiger partial charge in [0.1, 0.15) is 0 Å². The van der Waals surface area contributed by atoms with Crippen molar-refractivity contribution >= 4 is 32.5 Å². The molecule has 98 valence electrons. The Morgan fingerprint density at radius 2 is 1.95 bits per heavy atom. The highest BCUT2D eigenvalue weighted by Crippen LogP contribution is 2.26. The molecule has 0 radical (unpaired) electrons. The van der Waals surface area contributed by atoms with Gasteiger partial charge in [0.05, 0.1) is 18.2 Å². The zero-order valence-electron chi connectivity index (χ0n) is 10.7. The van der Waals surface area contributed by atoms with Crippen molar-refractivity contribution in [3.8, 4) is 6.07 Å². The van der Waals surface area contributed by atoms with Gasteiger partial charge in [-0.15, -0.1) is 0 Å². The Hall–Kier alpha value is -2.25. The average Bonchev–Trinajstić information content (AvgIpc) is 2.86. The van der Waals surface area contributed by atoms with Crippen LogP contribution in [0.3, 0.4) is 0 Å². The van der Waals surface area contributed by atoms with Crippen LogP contribution in [-0.2, 0) is 6.54 Å². The highest BCUT2D eigenvalue weighted by Gasteiger charge is 2.09. The highest BCUT2D eigenvalue weighted by molar-refractivity contribution is 9.10. The lowest BCUT2D eigenvalue weighted by atomic mass is 10.1. The summed E-state index contributed by atoms with van der Waals surface area (Å²) in [6.07, 6.45) is 1.99. The molecule has 0 unspecified atom stereocenters. The first-order valence-electron chi connectivity index (χ1n) is 6.21. The number of hydrogen-bond acceptors (Lipinski definition) is 2. The van der Waals surface area contributed by atoms with Crippen LogP contribution in [0, 0.1) is 11.3 Å². The number of nitrogen functional groups attached to an aromatic ring is 1. The molecule has 0 aliphatic rings. The number of nitrogens with two attached hydrogens (primary N) is 1. The van der Waals surface area contributed by atoms with Crippen LogP contribution in [0.4, 0.5) is 5.69 Å². The summed E-state index contributed by atoms with van der Waals surface area (Å²) in [6.45, 7) is 0.672. The maximum Gasteiger partial charge on any atom is 0.0998 e. The predicted molar refractivity (Wildman–Crippen MR) is 84.3 cm³/mol. The second kappa shape index (κ2) is 5.03. The summed E-state index contributed by atoms with van der Waals surface area (Å²) >= 11 is 3.54. The summed E-state index contributed by atoms with van der Waals surface area (Å²) in [5, 5.41) is 10.1. The van der Waals surface area contributed by atoms with E-state index in [4.69, 9.17) is 11.0 Å². The first kappa shape index (κ1) is 12.8. The predicted octanol–water partition coefficient (Wildman–Crippen LogP) is 3.91. The van der Waals surface area contributed by atoms with Gasteiger partial charge in [-0.2, -0.15) is 5.26 Å². The number of halogens is 1. The maximum atomic E-state index is 9.14. The third kappa shape index (κ3) is 2.06. The summed E-state index contributed by atoms with van der Waals surface area (Å²) in [5.74, 6) is 0. The number of anilines is 1. The van der Waals surface area contributed by atoms with Gasteiger partial charge in [-0.1, -0.05) is 28.1 Å². The van der Waals surface area contributed by atoms with Gasteiger partial charge in [0.2, 0.25) is 0 Å². The second-order valence-electron chi connectivity index (χ2n) is 4.60. The first-order chi connectivity index (χ1) is 9.70. The number of nitriles is 1. The van der Waals surface area contributed by atoms with E-state index in [0.29, 0.717) is 12.1 Å². The Kier molecular flexibility index (Phi) is 3.21. The third-order valence-electron chi connectivity index (χ3n) is 3.42. The normalized spacial score (nSPS) is 10.6. The van der Waals surface area contributed by atoms with Gasteiger partial charge in [-0.3, -0.25) is 0 Å². The van der Waals surface area contributed by atoms with Crippen LogP contribution in [-0.4, -0.2) is 4.57 Å². The molecular weight excluding hydrogens is 314 g/mol. The van der Waals surface area contributed by atoms with Gasteiger partial charge in [0.15, 0.2) is 0 Å². The van der Waals surface area contributed by atoms with E-state index in [0.717, 1.165) is 26.6 Å². The zero-order chi connectivity index (χ0) is 14.1. The monoisotopic (exact) mass is 325 g/mol. The summed E-state index contributed by atoms with van der Waals surface area (Å²) in [5.41, 5.74) is 9.59. The van der Waals surface area contributed by atoms with Crippen LogP contribution < -0.4 is 5.73 Å². The molecule has 1 heterocycles. The summed E-state index contributed by atoms with van der Waals surface area (Å²) in [4.78, 5) is 0. The van der Waals surface area contributed by atoms with Gasteiger partial charge in [-0.25, -0.2) is 0 Å². The molecule has 0 aliphatic carbocycles. The molecule has 4 heteroatoms. The Labute approximate surface area is 125 Å². The summed E-state index contributed by atoms with van der Waals surface area (Å²) in [7, 11) is 0. The molecule has 0 aliphatic heterocycles. The largest absolute Gasteiger partial charge is 0.398 e. The lowest BCUT2D eigenvalue weighted by Crippen LogP contribution is -2.02. The van der Waals surface area contributed by atoms with Crippen LogP contribution in [0.25, 0.3) is 10.9 Å². The number of benzene rings is 2. The van der Waals surface area contributed by atoms with Crippen LogP contribution in [0.2, 0.25) is 0 Å². The molecule has 0 fully saturated rings. The SMILES string of the molecule is N#Cc1cccc2c1ccn2Cc1c(N)cccc1Br. The molecule has 1 aromatic heterocycles. The van der Waals surface area contributed by atoms with Crippen molar-refractivity contribution in [2.45, 2.75) is 6.54 Å². The van der Waals surface area contributed by atoms with Gasteiger partial charge < -0.3 is 10.3 Å². The lowest BCUT2D eigenvalue weighted by molar-refractivity contribution is 0.835. The number of rotatable bonds is 2. The van der Waals surface area contributed by atoms with Crippen LogP contribution in [0.1, 0.15) is 11.1 Å². The van der Waals surface area contributed by atoms with E-state index in [1.165, 1.54) is 0 Å². The van der Waals surface area contributed by atoms with Crippen molar-refractivity contribution in [3.63, 3.8) is 0 Å². The number of fused-ring (bicyclic) bond motifs is 1. The van der Waals surface area contributed by atoms with E-state index < -0.39 is 0 Å². The van der Waals surface area contributed by atoms with E-state index in [2.05, 4.69) is 26.6 Å². The Balaban J connectivity index is 2.11. The fourth-order valence-corrected chi connectivity index (χ4v) is 2.88. The molecule has 3 aromatic rings. The molecule has 0 saturated carbocycles. The lowest BCUT2D eigenvalue weighted by Gasteiger charge is -2.10. The molecule has 2 N–H and O–H groups in total. The van der Waals surface area contributed by atoms with E-state index in [1.807, 2.05) is 48.7 Å². The minimum absolute atomic E-state index is 0.672. The minimum Gasteiger partial charge on any atom is -0.398 e. The Bertz CT molecular complexity index is 807. The molecule has 0 amide bonds. The van der Waals surface area contributed by atoms with E-state index in [9.17, 15) is 0 Å². The quantitative estimate of drug-likeness (QED) is 0.726. The molecule has 2 aromatic carbocycles. The van der Waals surface area contributed by atoms with Crippen LogP contribution in [0.5, 0.6) is 0 Å². The highest BCUT2D eigenvalue weighted by atomic mass is 79.9. The van der Waals surface area contributed by atoms with Crippen molar-refractivity contribution < 1.29 is 0 Å². The number of hydrogen-bond donors (Lipinski definition) is 1. The van der Waals surface area contributed by atoms with Crippen LogP contribution in [0.15, 0.2) is 53.1 Å². The molecule has 0 bridgehead atoms. The first-order valence-corrected chi connectivity index (χ1v) is 7.01. The standard InChI is InChI=1S/C16H12BrN3/c17-14-4-2-5-15(19)13(14)10-20-8-7-12-11(9-18)3-1-6-16(12)20/h1-8H,10,19H2. The Morgan fingerprint density at radius 3 is 2.70 bits per heavy atom.